The summed E-state index contributed by atoms with van der Waals surface area (Å²) in [7, 11) is -3.22. The molecule has 0 radical (unpaired) electrons. The van der Waals surface area contributed by atoms with Crippen LogP contribution in [0.3, 0.4) is 0 Å². The Morgan fingerprint density at radius 2 is 1.81 bits per heavy atom. The third-order valence-corrected chi connectivity index (χ3v) is 4.53. The van der Waals surface area contributed by atoms with Gasteiger partial charge in [-0.05, 0) is 36.1 Å². The molecule has 0 aliphatic carbocycles. The topological polar surface area (TPSA) is 60.2 Å². The van der Waals surface area contributed by atoms with Gasteiger partial charge in [-0.25, -0.2) is 8.42 Å². The third kappa shape index (κ3) is 3.23. The Bertz CT molecular complexity index is 484. The van der Waals surface area contributed by atoms with Gasteiger partial charge in [-0.2, -0.15) is 0 Å². The first-order chi connectivity index (χ1) is 7.12. The van der Waals surface area contributed by atoms with Crippen molar-refractivity contribution in [1.82, 2.24) is 0 Å². The van der Waals surface area contributed by atoms with E-state index in [1.54, 1.807) is 25.1 Å². The largest absolute Gasteiger partial charge is 0.399 e. The first-order valence-corrected chi connectivity index (χ1v) is 6.86. The van der Waals surface area contributed by atoms with Crippen LogP contribution in [0.25, 0.3) is 0 Å². The highest BCUT2D eigenvalue weighted by molar-refractivity contribution is 7.91. The summed E-state index contributed by atoms with van der Waals surface area (Å²) in [4.78, 5) is 0.386. The van der Waals surface area contributed by atoms with E-state index in [1.807, 2.05) is 20.8 Å². The molecule has 0 aromatic heterocycles. The molecule has 0 saturated heterocycles. The van der Waals surface area contributed by atoms with E-state index in [2.05, 4.69) is 0 Å². The van der Waals surface area contributed by atoms with E-state index in [0.717, 1.165) is 0 Å². The van der Waals surface area contributed by atoms with Crippen LogP contribution in [0.2, 0.25) is 0 Å². The van der Waals surface area contributed by atoms with Crippen molar-refractivity contribution < 1.29 is 8.42 Å². The fraction of sp³-hybridized carbons (Fsp3) is 0.500. The Morgan fingerprint density at radius 3 is 2.25 bits per heavy atom. The molecule has 4 heteroatoms. The Morgan fingerprint density at radius 1 is 1.25 bits per heavy atom. The van der Waals surface area contributed by atoms with Crippen molar-refractivity contribution in [3.8, 4) is 0 Å². The highest BCUT2D eigenvalue weighted by atomic mass is 32.2. The molecule has 1 rings (SSSR count). The number of aryl methyl sites for hydroxylation is 1. The minimum Gasteiger partial charge on any atom is -0.399 e. The van der Waals surface area contributed by atoms with Crippen molar-refractivity contribution in [3.05, 3.63) is 23.8 Å². The number of rotatable bonds is 2. The van der Waals surface area contributed by atoms with Gasteiger partial charge < -0.3 is 5.73 Å². The third-order valence-electron chi connectivity index (χ3n) is 2.16. The minimum atomic E-state index is -3.22. The molecule has 0 atom stereocenters. The second-order valence-electron chi connectivity index (χ2n) is 5.34. The summed E-state index contributed by atoms with van der Waals surface area (Å²) in [6.07, 6.45) is 0. The molecule has 0 amide bonds. The average Bonchev–Trinajstić information content (AvgIpc) is 1.97. The summed E-state index contributed by atoms with van der Waals surface area (Å²) < 4.78 is 24.3. The summed E-state index contributed by atoms with van der Waals surface area (Å²) in [5.74, 6) is 0.144. The number of benzene rings is 1. The zero-order chi connectivity index (χ0) is 12.6. The van der Waals surface area contributed by atoms with E-state index in [9.17, 15) is 8.42 Å². The van der Waals surface area contributed by atoms with Gasteiger partial charge in [-0.1, -0.05) is 20.8 Å². The Balaban J connectivity index is 3.18. The first-order valence-electron chi connectivity index (χ1n) is 5.21. The van der Waals surface area contributed by atoms with Crippen LogP contribution in [0.1, 0.15) is 26.3 Å². The maximum Gasteiger partial charge on any atom is 0.179 e. The molecular weight excluding hydrogens is 222 g/mol. The number of nitrogen functional groups attached to an aromatic ring is 1. The van der Waals surface area contributed by atoms with Crippen LogP contribution in [0.15, 0.2) is 23.1 Å². The number of anilines is 1. The van der Waals surface area contributed by atoms with Gasteiger partial charge in [0.15, 0.2) is 9.84 Å². The molecule has 16 heavy (non-hydrogen) atoms. The molecule has 0 unspecified atom stereocenters. The van der Waals surface area contributed by atoms with Gasteiger partial charge in [-0.3, -0.25) is 0 Å². The lowest BCUT2D eigenvalue weighted by atomic mass is 10.0. The van der Waals surface area contributed by atoms with Crippen LogP contribution in [-0.2, 0) is 9.84 Å². The summed E-state index contributed by atoms with van der Waals surface area (Å²) in [6.45, 7) is 7.51. The van der Waals surface area contributed by atoms with Crippen molar-refractivity contribution in [2.45, 2.75) is 32.6 Å². The van der Waals surface area contributed by atoms with Gasteiger partial charge in [0.1, 0.15) is 0 Å². The zero-order valence-corrected chi connectivity index (χ0v) is 11.1. The van der Waals surface area contributed by atoms with E-state index in [1.165, 1.54) is 0 Å². The molecule has 0 aliphatic rings. The standard InChI is InChI=1S/C12H19NO2S/c1-9-7-10(13)5-6-11(9)16(14,15)8-12(2,3)4/h5-7H,8,13H2,1-4H3. The molecule has 0 heterocycles. The Kier molecular flexibility index (Phi) is 3.33. The number of sulfone groups is 1. The molecule has 0 fully saturated rings. The fourth-order valence-electron chi connectivity index (χ4n) is 1.67. The minimum absolute atomic E-state index is 0.144. The summed E-state index contributed by atoms with van der Waals surface area (Å²) in [6, 6.07) is 4.91. The molecule has 1 aromatic carbocycles. The highest BCUT2D eigenvalue weighted by Crippen LogP contribution is 2.25. The fourth-order valence-corrected chi connectivity index (χ4v) is 3.79. The van der Waals surface area contributed by atoms with Crippen molar-refractivity contribution in [2.24, 2.45) is 5.41 Å². The molecule has 3 nitrogen and oxygen atoms in total. The SMILES string of the molecule is Cc1cc(N)ccc1S(=O)(=O)CC(C)(C)C. The lowest BCUT2D eigenvalue weighted by Crippen LogP contribution is -2.21. The number of hydrogen-bond donors (Lipinski definition) is 1. The lowest BCUT2D eigenvalue weighted by molar-refractivity contribution is 0.461. The quantitative estimate of drug-likeness (QED) is 0.809. The van der Waals surface area contributed by atoms with E-state index in [4.69, 9.17) is 5.73 Å². The summed E-state index contributed by atoms with van der Waals surface area (Å²) in [5.41, 5.74) is 6.66. The van der Waals surface area contributed by atoms with E-state index >= 15 is 0 Å². The van der Waals surface area contributed by atoms with E-state index < -0.39 is 9.84 Å². The molecule has 90 valence electrons. The van der Waals surface area contributed by atoms with Gasteiger partial charge in [0.2, 0.25) is 0 Å². The lowest BCUT2D eigenvalue weighted by Gasteiger charge is -2.19. The predicted molar refractivity (Wildman–Crippen MR) is 67.1 cm³/mol. The average molecular weight is 241 g/mol. The van der Waals surface area contributed by atoms with E-state index in [0.29, 0.717) is 16.1 Å². The van der Waals surface area contributed by atoms with Crippen LogP contribution in [0.4, 0.5) is 5.69 Å². The maximum atomic E-state index is 12.1. The molecule has 1 aromatic rings. The van der Waals surface area contributed by atoms with Crippen LogP contribution in [0, 0.1) is 12.3 Å². The number of nitrogens with two attached hydrogens (primary N) is 1. The van der Waals surface area contributed by atoms with Crippen molar-refractivity contribution >= 4 is 15.5 Å². The number of hydrogen-bond acceptors (Lipinski definition) is 3. The summed E-state index contributed by atoms with van der Waals surface area (Å²) in [5, 5.41) is 0. The first kappa shape index (κ1) is 13.0. The highest BCUT2D eigenvalue weighted by Gasteiger charge is 2.24. The molecule has 0 aliphatic heterocycles. The van der Waals surface area contributed by atoms with Crippen molar-refractivity contribution in [2.75, 3.05) is 11.5 Å². The van der Waals surface area contributed by atoms with Gasteiger partial charge in [0, 0.05) is 5.69 Å². The predicted octanol–water partition coefficient (Wildman–Crippen LogP) is 2.40. The Labute approximate surface area is 97.6 Å². The van der Waals surface area contributed by atoms with Gasteiger partial charge in [0.25, 0.3) is 0 Å². The van der Waals surface area contributed by atoms with Gasteiger partial charge >= 0.3 is 0 Å². The van der Waals surface area contributed by atoms with Crippen molar-refractivity contribution in [3.63, 3.8) is 0 Å². The van der Waals surface area contributed by atoms with Gasteiger partial charge in [0.05, 0.1) is 10.6 Å². The Hall–Kier alpha value is -1.03. The van der Waals surface area contributed by atoms with Gasteiger partial charge in [-0.15, -0.1) is 0 Å². The molecule has 0 saturated carbocycles. The monoisotopic (exact) mass is 241 g/mol. The van der Waals surface area contributed by atoms with Crippen LogP contribution in [-0.4, -0.2) is 14.2 Å². The van der Waals surface area contributed by atoms with E-state index in [-0.39, 0.29) is 11.2 Å². The molecule has 0 bridgehead atoms. The molecular formula is C12H19NO2S. The zero-order valence-electron chi connectivity index (χ0n) is 10.2. The smallest absolute Gasteiger partial charge is 0.179 e. The second kappa shape index (κ2) is 4.09. The molecule has 2 N–H and O–H groups in total. The van der Waals surface area contributed by atoms with Crippen LogP contribution >= 0.6 is 0 Å². The van der Waals surface area contributed by atoms with Crippen molar-refractivity contribution in [1.29, 1.82) is 0 Å². The van der Waals surface area contributed by atoms with Crippen LogP contribution < -0.4 is 5.73 Å². The molecule has 0 spiro atoms. The summed E-state index contributed by atoms with van der Waals surface area (Å²) >= 11 is 0. The normalized spacial score (nSPS) is 12.8. The second-order valence-corrected chi connectivity index (χ2v) is 7.30. The van der Waals surface area contributed by atoms with Crippen LogP contribution in [0.5, 0.6) is 0 Å². The maximum absolute atomic E-state index is 12.1.